The lowest BCUT2D eigenvalue weighted by atomic mass is 9.92. The number of nitrogens with one attached hydrogen (secondary N) is 1. The monoisotopic (exact) mass is 497 g/mol. The third kappa shape index (κ3) is 4.93. The number of nitrogens with zero attached hydrogens (tertiary/aromatic N) is 2. The number of carbonyl (C=O) groups excluding carboxylic acids is 2. The van der Waals surface area contributed by atoms with Gasteiger partial charge < -0.3 is 28.8 Å². The number of hydrogen-bond acceptors (Lipinski definition) is 9. The van der Waals surface area contributed by atoms with Gasteiger partial charge in [-0.2, -0.15) is 0 Å². The van der Waals surface area contributed by atoms with Gasteiger partial charge in [-0.1, -0.05) is 23.9 Å². The molecule has 9 nitrogen and oxygen atoms in total. The zero-order chi connectivity index (χ0) is 24.9. The van der Waals surface area contributed by atoms with E-state index < -0.39 is 12.0 Å². The highest BCUT2D eigenvalue weighted by molar-refractivity contribution is 8.16. The Labute approximate surface area is 207 Å². The molecule has 10 heteroatoms. The molecule has 3 heterocycles. The van der Waals surface area contributed by atoms with Crippen LogP contribution >= 0.6 is 11.8 Å². The van der Waals surface area contributed by atoms with Crippen LogP contribution in [-0.2, 0) is 20.9 Å². The van der Waals surface area contributed by atoms with Crippen molar-refractivity contribution in [2.75, 3.05) is 20.8 Å². The van der Waals surface area contributed by atoms with Gasteiger partial charge >= 0.3 is 5.97 Å². The number of furan rings is 1. The average Bonchev–Trinajstić information content (AvgIpc) is 3.51. The lowest BCUT2D eigenvalue weighted by Crippen LogP contribution is -2.38. The van der Waals surface area contributed by atoms with Crippen LogP contribution in [0.1, 0.15) is 37.6 Å². The average molecular weight is 498 g/mol. The van der Waals surface area contributed by atoms with Crippen LogP contribution in [0.3, 0.4) is 0 Å². The molecule has 4 rings (SSSR count). The molecule has 1 aromatic carbocycles. The maximum absolute atomic E-state index is 13.1. The van der Waals surface area contributed by atoms with E-state index in [0.29, 0.717) is 45.0 Å². The first-order valence-electron chi connectivity index (χ1n) is 11.1. The molecule has 184 valence electrons. The van der Waals surface area contributed by atoms with Crippen molar-refractivity contribution in [3.8, 4) is 11.5 Å². The number of ether oxygens (including phenoxy) is 3. The van der Waals surface area contributed by atoms with Crippen LogP contribution in [0.4, 0.5) is 0 Å². The largest absolute Gasteiger partial charge is 0.493 e. The van der Waals surface area contributed by atoms with Crippen molar-refractivity contribution >= 4 is 28.8 Å². The zero-order valence-electron chi connectivity index (χ0n) is 20.0. The van der Waals surface area contributed by atoms with Gasteiger partial charge in [-0.25, -0.2) is 9.79 Å². The van der Waals surface area contributed by atoms with Gasteiger partial charge in [0.15, 0.2) is 16.7 Å². The second-order valence-electron chi connectivity index (χ2n) is 7.73. The smallest absolute Gasteiger partial charge is 0.338 e. The molecule has 0 saturated carbocycles. The molecule has 1 unspecified atom stereocenters. The highest BCUT2D eigenvalue weighted by atomic mass is 32.2. The number of benzene rings is 1. The van der Waals surface area contributed by atoms with Crippen LogP contribution in [0.25, 0.3) is 0 Å². The number of hydrogen-bond donors (Lipinski definition) is 1. The molecule has 0 saturated heterocycles. The van der Waals surface area contributed by atoms with Crippen molar-refractivity contribution in [3.05, 3.63) is 70.3 Å². The fourth-order valence-corrected chi connectivity index (χ4v) is 5.05. The van der Waals surface area contributed by atoms with Gasteiger partial charge in [0.05, 0.1) is 57.4 Å². The summed E-state index contributed by atoms with van der Waals surface area (Å²) in [5.41, 5.74) is 2.33. The quantitative estimate of drug-likeness (QED) is 0.516. The Morgan fingerprint density at radius 3 is 2.71 bits per heavy atom. The molecule has 0 bridgehead atoms. The molecule has 1 aromatic heterocycles. The first-order chi connectivity index (χ1) is 17.0. The minimum Gasteiger partial charge on any atom is -0.493 e. The Balaban J connectivity index is 1.71. The van der Waals surface area contributed by atoms with E-state index in [4.69, 9.17) is 18.6 Å². The number of carbonyl (C=O) groups is 2. The summed E-state index contributed by atoms with van der Waals surface area (Å²) in [6, 6.07) is 8.45. The highest BCUT2D eigenvalue weighted by Crippen LogP contribution is 2.48. The summed E-state index contributed by atoms with van der Waals surface area (Å²) < 4.78 is 21.9. The number of fused-ring (bicyclic) bond motifs is 1. The number of amides is 1. The SMILES string of the molecule is CCOC(=O)C1=C(C)N=C2SC=C(CC(=O)NCc3ccco3)N2C1c1cccc(OC)c1OC. The van der Waals surface area contributed by atoms with Crippen LogP contribution in [0, 0.1) is 0 Å². The lowest BCUT2D eigenvalue weighted by Gasteiger charge is -2.37. The predicted octanol–water partition coefficient (Wildman–Crippen LogP) is 4.14. The van der Waals surface area contributed by atoms with Gasteiger partial charge in [0, 0.05) is 11.3 Å². The van der Waals surface area contributed by atoms with E-state index in [0.717, 1.165) is 0 Å². The van der Waals surface area contributed by atoms with E-state index >= 15 is 0 Å². The molecule has 2 aromatic rings. The third-order valence-corrected chi connectivity index (χ3v) is 6.49. The van der Waals surface area contributed by atoms with E-state index in [2.05, 4.69) is 10.3 Å². The van der Waals surface area contributed by atoms with Gasteiger partial charge in [0.2, 0.25) is 5.91 Å². The van der Waals surface area contributed by atoms with Gasteiger partial charge in [-0.15, -0.1) is 0 Å². The molecule has 0 aliphatic carbocycles. The number of para-hydroxylation sites is 1. The molecule has 0 spiro atoms. The summed E-state index contributed by atoms with van der Waals surface area (Å²) in [6.07, 6.45) is 1.65. The molecule has 2 aliphatic rings. The van der Waals surface area contributed by atoms with Crippen molar-refractivity contribution in [2.45, 2.75) is 32.9 Å². The molecule has 2 aliphatic heterocycles. The van der Waals surface area contributed by atoms with Crippen molar-refractivity contribution in [1.82, 2.24) is 10.2 Å². The first-order valence-corrected chi connectivity index (χ1v) is 12.0. The Morgan fingerprint density at radius 2 is 2.03 bits per heavy atom. The first kappa shape index (κ1) is 24.5. The topological polar surface area (TPSA) is 103 Å². The maximum Gasteiger partial charge on any atom is 0.338 e. The van der Waals surface area contributed by atoms with E-state index in [9.17, 15) is 9.59 Å². The predicted molar refractivity (Wildman–Crippen MR) is 132 cm³/mol. The van der Waals surface area contributed by atoms with Crippen molar-refractivity contribution in [3.63, 3.8) is 0 Å². The second kappa shape index (κ2) is 10.7. The van der Waals surface area contributed by atoms with E-state index in [1.165, 1.54) is 11.8 Å². The molecular formula is C25H27N3O6S. The Morgan fingerprint density at radius 1 is 1.20 bits per heavy atom. The number of rotatable bonds is 9. The van der Waals surface area contributed by atoms with Crippen LogP contribution < -0.4 is 14.8 Å². The molecule has 1 N–H and O–H groups in total. The molecule has 35 heavy (non-hydrogen) atoms. The van der Waals surface area contributed by atoms with Crippen molar-refractivity contribution < 1.29 is 28.2 Å². The summed E-state index contributed by atoms with van der Waals surface area (Å²) in [6.45, 7) is 4.05. The summed E-state index contributed by atoms with van der Waals surface area (Å²) in [7, 11) is 3.11. The van der Waals surface area contributed by atoms with Gasteiger partial charge in [-0.3, -0.25) is 4.79 Å². The fourth-order valence-electron chi connectivity index (χ4n) is 4.09. The Bertz CT molecular complexity index is 1200. The number of thioether (sulfide) groups is 1. The van der Waals surface area contributed by atoms with Crippen LogP contribution in [-0.4, -0.2) is 42.8 Å². The van der Waals surface area contributed by atoms with Gasteiger partial charge in [0.25, 0.3) is 0 Å². The normalized spacial score (nSPS) is 16.9. The van der Waals surface area contributed by atoms with Gasteiger partial charge in [-0.05, 0) is 37.5 Å². The summed E-state index contributed by atoms with van der Waals surface area (Å²) in [5.74, 6) is 1.03. The molecule has 0 fully saturated rings. The standard InChI is InChI=1S/C25H27N3O6S/c1-5-33-24(30)21-15(2)27-25-28(22(21)18-9-6-10-19(31-3)23(18)32-4)16(14-35-25)12-20(29)26-13-17-8-7-11-34-17/h6-11,14,22H,5,12-13H2,1-4H3,(H,26,29). The lowest BCUT2D eigenvalue weighted by molar-refractivity contribution is -0.139. The van der Waals surface area contributed by atoms with E-state index in [-0.39, 0.29) is 25.5 Å². The molecule has 1 atom stereocenters. The second-order valence-corrected chi connectivity index (χ2v) is 8.57. The fraction of sp³-hybridized carbons (Fsp3) is 0.320. The van der Waals surface area contributed by atoms with Gasteiger partial charge in [0.1, 0.15) is 5.76 Å². The van der Waals surface area contributed by atoms with Crippen LogP contribution in [0.5, 0.6) is 11.5 Å². The van der Waals surface area contributed by atoms with Crippen LogP contribution in [0.15, 0.2) is 68.4 Å². The Kier molecular flexibility index (Phi) is 7.50. The number of amidine groups is 1. The summed E-state index contributed by atoms with van der Waals surface area (Å²) in [5, 5.41) is 5.42. The summed E-state index contributed by atoms with van der Waals surface area (Å²) >= 11 is 1.40. The maximum atomic E-state index is 13.1. The molecular weight excluding hydrogens is 470 g/mol. The highest BCUT2D eigenvalue weighted by Gasteiger charge is 2.42. The van der Waals surface area contributed by atoms with Crippen molar-refractivity contribution in [1.29, 1.82) is 0 Å². The number of methoxy groups -OCH3 is 2. The van der Waals surface area contributed by atoms with E-state index in [1.54, 1.807) is 52.5 Å². The van der Waals surface area contributed by atoms with E-state index in [1.807, 2.05) is 22.4 Å². The third-order valence-electron chi connectivity index (χ3n) is 5.61. The number of esters is 1. The minimum absolute atomic E-state index is 0.0880. The Hall–Kier alpha value is -3.66. The van der Waals surface area contributed by atoms with Crippen LogP contribution in [0.2, 0.25) is 0 Å². The zero-order valence-corrected chi connectivity index (χ0v) is 20.8. The molecule has 1 amide bonds. The number of allylic oxidation sites excluding steroid dienone is 1. The van der Waals surface area contributed by atoms with Crippen molar-refractivity contribution in [2.24, 2.45) is 4.99 Å². The molecule has 0 radical (unpaired) electrons. The summed E-state index contributed by atoms with van der Waals surface area (Å²) in [4.78, 5) is 32.5. The minimum atomic E-state index is -0.620. The number of aliphatic imine (C=N–C) groups is 1.